The minimum atomic E-state index is -1.82. The van der Waals surface area contributed by atoms with E-state index in [1.807, 2.05) is 0 Å². The van der Waals surface area contributed by atoms with Crippen LogP contribution in [0.5, 0.6) is 0 Å². The number of carbonyl (C=O) groups excluding carboxylic acids is 3. The molecule has 0 rings (SSSR count). The Labute approximate surface area is 137 Å². The minimum absolute atomic E-state index is 0. The monoisotopic (exact) mass is 279 g/mol. The zero-order chi connectivity index (χ0) is 13.3. The second kappa shape index (κ2) is 46.7. The third-order valence-corrected chi connectivity index (χ3v) is 0.183. The van der Waals surface area contributed by atoms with Crippen LogP contribution in [0.4, 0.5) is 4.70 Å². The van der Waals surface area contributed by atoms with Crippen LogP contribution in [0.15, 0.2) is 0 Å². The van der Waals surface area contributed by atoms with E-state index >= 15 is 0 Å². The van der Waals surface area contributed by atoms with E-state index in [9.17, 15) is 0 Å². The molecule has 10 nitrogen and oxygen atoms in total. The molecule has 17 heavy (non-hydrogen) atoms. The van der Waals surface area contributed by atoms with Crippen molar-refractivity contribution in [3.63, 3.8) is 0 Å². The van der Waals surface area contributed by atoms with E-state index in [0.717, 1.165) is 18.2 Å². The zero-order valence-corrected chi connectivity index (χ0v) is 11.5. The van der Waals surface area contributed by atoms with Crippen LogP contribution in [0.2, 0.25) is 0 Å². The van der Waals surface area contributed by atoms with E-state index in [1.54, 1.807) is 0 Å². The molecule has 92 valence electrons. The van der Waals surface area contributed by atoms with Crippen LogP contribution >= 0.6 is 0 Å². The molecule has 0 aliphatic rings. The molecule has 0 radical (unpaired) electrons. The van der Waals surface area contributed by atoms with Crippen LogP contribution in [0.25, 0.3) is 0 Å². The van der Waals surface area contributed by atoms with E-state index in [4.69, 9.17) is 50.4 Å². The Hall–Kier alpha value is -1.35. The second-order valence-corrected chi connectivity index (χ2v) is 0.916. The van der Waals surface area contributed by atoms with Gasteiger partial charge in [0.1, 0.15) is 0 Å². The number of carbonyl (C=O) groups is 2. The van der Waals surface area contributed by atoms with Crippen LogP contribution in [-0.2, 0) is 24.0 Å². The van der Waals surface area contributed by atoms with Gasteiger partial charge < -0.3 is 11.6 Å². The zero-order valence-electron chi connectivity index (χ0n) is 9.34. The number of hydrogen-bond donors (Lipinski definition) is 5. The fraction of sp³-hybridized carbons (Fsp3) is 0. The molecular weight excluding hydrogens is 272 g/mol. The number of aliphatic carboxylic acids is 2. The number of carboxylic acids is 2. The van der Waals surface area contributed by atoms with Gasteiger partial charge in [0, 0.05) is 0 Å². The van der Waals surface area contributed by atoms with Gasteiger partial charge in [-0.25, -0.2) is 40.2 Å². The molecule has 0 aromatic rings. The third kappa shape index (κ3) is 334. The average Bonchev–Trinajstić information content (AvgIpc) is 2.07. The van der Waals surface area contributed by atoms with Gasteiger partial charge in [-0.1, -0.05) is 0 Å². The first-order chi connectivity index (χ1) is 6.89. The van der Waals surface area contributed by atoms with E-state index in [0.29, 0.717) is 0 Å². The molecule has 0 heterocycles. The molecule has 0 atom stereocenters. The van der Waals surface area contributed by atoms with Crippen LogP contribution in [0.1, 0.15) is 1.43 Å². The standard InChI is InChI=1S/C2H2O4.3CHNO.FH.K.H/c3-1(4)2(5)6;3*2-1-3;;;/h(H,3,4)(H,5,6);3*2H;1H;;/q;;;;;+1;-1. The topological polar surface area (TPSA) is 197 Å². The van der Waals surface area contributed by atoms with Gasteiger partial charge in [0.15, 0.2) is 0 Å². The largest absolute Gasteiger partial charge is 1.00 e. The van der Waals surface area contributed by atoms with Crippen molar-refractivity contribution in [1.82, 2.24) is 0 Å². The van der Waals surface area contributed by atoms with Gasteiger partial charge >= 0.3 is 63.3 Å². The van der Waals surface area contributed by atoms with Gasteiger partial charge in [0.2, 0.25) is 18.2 Å². The smallest absolute Gasteiger partial charge is 1.00 e. The number of nitrogens with one attached hydrogen (secondary N) is 3. The molecule has 12 heteroatoms. The maximum atomic E-state index is 9.10. The van der Waals surface area contributed by atoms with Crippen LogP contribution in [0, 0.1) is 16.2 Å². The summed E-state index contributed by atoms with van der Waals surface area (Å²) in [6.07, 6.45) is 2.25. The number of rotatable bonds is 0. The van der Waals surface area contributed by atoms with E-state index in [2.05, 4.69) is 0 Å². The number of halogens is 1. The first-order valence-corrected chi connectivity index (χ1v) is 2.47. The molecule has 0 unspecified atom stereocenters. The summed E-state index contributed by atoms with van der Waals surface area (Å²) >= 11 is 0. The summed E-state index contributed by atoms with van der Waals surface area (Å²) in [5, 5.41) is 31.0. The van der Waals surface area contributed by atoms with Crippen molar-refractivity contribution in [1.29, 1.82) is 16.2 Å². The summed E-state index contributed by atoms with van der Waals surface area (Å²) in [4.78, 5) is 43.2. The molecule has 0 fully saturated rings. The average molecular weight is 279 g/mol. The molecule has 0 saturated carbocycles. The summed E-state index contributed by atoms with van der Waals surface area (Å²) in [6, 6.07) is 0. The quantitative estimate of drug-likeness (QED) is 0.129. The summed E-state index contributed by atoms with van der Waals surface area (Å²) < 4.78 is 0. The van der Waals surface area contributed by atoms with Gasteiger partial charge in [0.05, 0.1) is 0 Å². The molecule has 0 saturated heterocycles. The second-order valence-electron chi connectivity index (χ2n) is 0.916. The summed E-state index contributed by atoms with van der Waals surface area (Å²) in [7, 11) is 0. The number of carboxylic acid groups (broad SMARTS) is 2. The molecule has 0 aliphatic heterocycles. The van der Waals surface area contributed by atoms with Gasteiger partial charge in [-0.3, -0.25) is 4.70 Å². The maximum Gasteiger partial charge on any atom is 1.00 e. The molecule has 0 amide bonds. The third-order valence-electron chi connectivity index (χ3n) is 0.183. The van der Waals surface area contributed by atoms with Crippen molar-refractivity contribution in [2.75, 3.05) is 0 Å². The Morgan fingerprint density at radius 2 is 0.882 bits per heavy atom. The Bertz CT molecular complexity index is 255. The van der Waals surface area contributed by atoms with Crippen molar-refractivity contribution in [2.45, 2.75) is 0 Å². The molecule has 0 aromatic carbocycles. The molecular formula is C5H7FKN3O7. The predicted molar refractivity (Wildman–Crippen MR) is 44.1 cm³/mol. The fourth-order valence-corrected chi connectivity index (χ4v) is 0. The maximum absolute atomic E-state index is 9.10. The Morgan fingerprint density at radius 1 is 0.824 bits per heavy atom. The van der Waals surface area contributed by atoms with E-state index in [-0.39, 0.29) is 57.5 Å². The van der Waals surface area contributed by atoms with Crippen LogP contribution in [-0.4, -0.2) is 40.4 Å². The predicted octanol–water partition coefficient (Wildman–Crippen LogP) is -3.87. The van der Waals surface area contributed by atoms with Gasteiger partial charge in [-0.2, -0.15) is 0 Å². The Balaban J connectivity index is -0.0000000180. The summed E-state index contributed by atoms with van der Waals surface area (Å²) in [5.41, 5.74) is 0. The summed E-state index contributed by atoms with van der Waals surface area (Å²) in [5.74, 6) is -3.65. The molecule has 5 N–H and O–H groups in total. The van der Waals surface area contributed by atoms with Crippen molar-refractivity contribution in [3.05, 3.63) is 0 Å². The van der Waals surface area contributed by atoms with Crippen molar-refractivity contribution in [2.24, 2.45) is 0 Å². The normalized spacial score (nSPS) is 4.00. The number of hydrogen-bond acceptors (Lipinski definition) is 8. The van der Waals surface area contributed by atoms with Crippen molar-refractivity contribution in [3.8, 4) is 0 Å². The van der Waals surface area contributed by atoms with E-state index < -0.39 is 11.9 Å². The van der Waals surface area contributed by atoms with Gasteiger partial charge in [-0.15, -0.1) is 0 Å². The Morgan fingerprint density at radius 3 is 0.882 bits per heavy atom. The first kappa shape index (κ1) is 36.1. The van der Waals surface area contributed by atoms with Gasteiger partial charge in [0.25, 0.3) is 0 Å². The fourth-order valence-electron chi connectivity index (χ4n) is 0. The minimum Gasteiger partial charge on any atom is -1.00 e. The summed E-state index contributed by atoms with van der Waals surface area (Å²) in [6.45, 7) is 0. The molecule has 0 bridgehead atoms. The van der Waals surface area contributed by atoms with E-state index in [1.165, 1.54) is 0 Å². The SMILES string of the molecule is F.N=C=O.N=C=O.N=C=O.O=C(O)C(=O)O.[H-].[K+]. The van der Waals surface area contributed by atoms with Crippen LogP contribution < -0.4 is 51.4 Å². The first-order valence-electron chi connectivity index (χ1n) is 2.47. The number of isocyanates is 3. The van der Waals surface area contributed by atoms with Crippen molar-refractivity contribution < 1.29 is 91.7 Å². The molecule has 0 aliphatic carbocycles. The van der Waals surface area contributed by atoms with Gasteiger partial charge in [-0.05, 0) is 0 Å². The molecule has 0 aromatic heterocycles. The van der Waals surface area contributed by atoms with Crippen LogP contribution in [0.3, 0.4) is 0 Å². The molecule has 0 spiro atoms. The Kier molecular flexibility index (Phi) is 99.0. The van der Waals surface area contributed by atoms with Crippen molar-refractivity contribution >= 4 is 30.2 Å².